The standard InChI is InChI=1S/C19H27NO/c1-6-19(3,4)18(20-7-2)16-12-13-17(21-5)15-11-9-8-10-14(15)16/h8-13,18,20H,6-7H2,1-5H3. The van der Waals surface area contributed by atoms with Crippen LogP contribution in [0.5, 0.6) is 5.75 Å². The molecule has 0 aliphatic rings. The molecule has 1 N–H and O–H groups in total. The van der Waals surface area contributed by atoms with Gasteiger partial charge >= 0.3 is 0 Å². The quantitative estimate of drug-likeness (QED) is 0.812. The van der Waals surface area contributed by atoms with E-state index >= 15 is 0 Å². The van der Waals surface area contributed by atoms with E-state index in [0.29, 0.717) is 6.04 Å². The van der Waals surface area contributed by atoms with Crippen molar-refractivity contribution in [3.63, 3.8) is 0 Å². The average molecular weight is 285 g/mol. The Hall–Kier alpha value is -1.54. The van der Waals surface area contributed by atoms with Gasteiger partial charge in [-0.05, 0) is 35.4 Å². The molecule has 0 saturated heterocycles. The van der Waals surface area contributed by atoms with E-state index in [1.165, 1.54) is 16.3 Å². The monoisotopic (exact) mass is 285 g/mol. The molecule has 1 atom stereocenters. The summed E-state index contributed by atoms with van der Waals surface area (Å²) in [7, 11) is 1.74. The summed E-state index contributed by atoms with van der Waals surface area (Å²) in [4.78, 5) is 0. The molecular formula is C19H27NO. The molecule has 2 rings (SSSR count). The summed E-state index contributed by atoms with van der Waals surface area (Å²) in [6.07, 6.45) is 1.13. The zero-order chi connectivity index (χ0) is 15.5. The SMILES string of the molecule is CCNC(c1ccc(OC)c2ccccc12)C(C)(C)CC. The molecule has 2 aromatic carbocycles. The van der Waals surface area contributed by atoms with Gasteiger partial charge in [0, 0.05) is 11.4 Å². The second-order valence-corrected chi connectivity index (χ2v) is 6.24. The van der Waals surface area contributed by atoms with Gasteiger partial charge in [-0.3, -0.25) is 0 Å². The lowest BCUT2D eigenvalue weighted by Crippen LogP contribution is -2.34. The van der Waals surface area contributed by atoms with E-state index in [4.69, 9.17) is 4.74 Å². The molecule has 0 spiro atoms. The molecule has 114 valence electrons. The molecule has 0 heterocycles. The molecular weight excluding hydrogens is 258 g/mol. The lowest BCUT2D eigenvalue weighted by Gasteiger charge is -2.35. The lowest BCUT2D eigenvalue weighted by molar-refractivity contribution is 0.238. The van der Waals surface area contributed by atoms with Gasteiger partial charge in [0.25, 0.3) is 0 Å². The van der Waals surface area contributed by atoms with E-state index in [-0.39, 0.29) is 5.41 Å². The largest absolute Gasteiger partial charge is 0.496 e. The molecule has 2 nitrogen and oxygen atoms in total. The third-order valence-corrected chi connectivity index (χ3v) is 4.55. The minimum Gasteiger partial charge on any atom is -0.496 e. The summed E-state index contributed by atoms with van der Waals surface area (Å²) < 4.78 is 5.51. The van der Waals surface area contributed by atoms with Crippen LogP contribution < -0.4 is 10.1 Å². The van der Waals surface area contributed by atoms with Crippen molar-refractivity contribution in [2.75, 3.05) is 13.7 Å². The number of hydrogen-bond donors (Lipinski definition) is 1. The van der Waals surface area contributed by atoms with Gasteiger partial charge in [-0.15, -0.1) is 0 Å². The van der Waals surface area contributed by atoms with Crippen molar-refractivity contribution in [3.05, 3.63) is 42.0 Å². The molecule has 2 aromatic rings. The van der Waals surface area contributed by atoms with E-state index in [1.807, 2.05) is 0 Å². The van der Waals surface area contributed by atoms with E-state index in [1.54, 1.807) is 7.11 Å². The molecule has 0 aliphatic carbocycles. The maximum absolute atomic E-state index is 5.51. The smallest absolute Gasteiger partial charge is 0.126 e. The maximum atomic E-state index is 5.51. The van der Waals surface area contributed by atoms with Crippen LogP contribution in [0.4, 0.5) is 0 Å². The lowest BCUT2D eigenvalue weighted by atomic mass is 9.77. The van der Waals surface area contributed by atoms with Crippen LogP contribution in [0.3, 0.4) is 0 Å². The topological polar surface area (TPSA) is 21.3 Å². The summed E-state index contributed by atoms with van der Waals surface area (Å²) in [5, 5.41) is 6.15. The number of methoxy groups -OCH3 is 1. The molecule has 2 heteroatoms. The van der Waals surface area contributed by atoms with Crippen molar-refractivity contribution in [2.45, 2.75) is 40.2 Å². The first kappa shape index (κ1) is 15.8. The Kier molecular flexibility index (Phi) is 4.89. The molecule has 21 heavy (non-hydrogen) atoms. The maximum Gasteiger partial charge on any atom is 0.126 e. The van der Waals surface area contributed by atoms with Crippen molar-refractivity contribution < 1.29 is 4.74 Å². The Morgan fingerprint density at radius 1 is 1.05 bits per heavy atom. The summed E-state index contributed by atoms with van der Waals surface area (Å²) in [6, 6.07) is 13.2. The van der Waals surface area contributed by atoms with E-state index in [9.17, 15) is 0 Å². The fraction of sp³-hybridized carbons (Fsp3) is 0.474. The van der Waals surface area contributed by atoms with Gasteiger partial charge in [-0.25, -0.2) is 0 Å². The molecule has 0 fully saturated rings. The number of fused-ring (bicyclic) bond motifs is 1. The van der Waals surface area contributed by atoms with E-state index in [0.717, 1.165) is 18.7 Å². The Bertz CT molecular complexity index is 604. The second-order valence-electron chi connectivity index (χ2n) is 6.24. The molecule has 0 aromatic heterocycles. The number of benzene rings is 2. The number of rotatable bonds is 6. The highest BCUT2D eigenvalue weighted by Gasteiger charge is 2.29. The van der Waals surface area contributed by atoms with Crippen LogP contribution in [-0.4, -0.2) is 13.7 Å². The normalized spacial score (nSPS) is 13.4. The minimum atomic E-state index is 0.202. The summed E-state index contributed by atoms with van der Waals surface area (Å²) in [6.45, 7) is 10.1. The zero-order valence-electron chi connectivity index (χ0n) is 13.9. The highest BCUT2D eigenvalue weighted by Crippen LogP contribution is 2.40. The third kappa shape index (κ3) is 3.06. The van der Waals surface area contributed by atoms with Crippen LogP contribution in [0.15, 0.2) is 36.4 Å². The minimum absolute atomic E-state index is 0.202. The summed E-state index contributed by atoms with van der Waals surface area (Å²) >= 11 is 0. The van der Waals surface area contributed by atoms with Crippen LogP contribution in [0.25, 0.3) is 10.8 Å². The van der Waals surface area contributed by atoms with Crippen molar-refractivity contribution in [3.8, 4) is 5.75 Å². The van der Waals surface area contributed by atoms with Crippen LogP contribution >= 0.6 is 0 Å². The molecule has 0 saturated carbocycles. The van der Waals surface area contributed by atoms with Gasteiger partial charge in [-0.1, -0.05) is 58.0 Å². The fourth-order valence-electron chi connectivity index (χ4n) is 2.94. The van der Waals surface area contributed by atoms with Crippen molar-refractivity contribution >= 4 is 10.8 Å². The van der Waals surface area contributed by atoms with Gasteiger partial charge in [0.1, 0.15) is 5.75 Å². The highest BCUT2D eigenvalue weighted by atomic mass is 16.5. The van der Waals surface area contributed by atoms with E-state index < -0.39 is 0 Å². The van der Waals surface area contributed by atoms with Crippen molar-refractivity contribution in [1.29, 1.82) is 0 Å². The van der Waals surface area contributed by atoms with Crippen LogP contribution in [0.2, 0.25) is 0 Å². The summed E-state index contributed by atoms with van der Waals surface area (Å²) in [5.74, 6) is 0.943. The van der Waals surface area contributed by atoms with Crippen LogP contribution in [0.1, 0.15) is 45.7 Å². The first-order valence-corrected chi connectivity index (χ1v) is 7.84. The fourth-order valence-corrected chi connectivity index (χ4v) is 2.94. The number of ether oxygens (including phenoxy) is 1. The van der Waals surface area contributed by atoms with Gasteiger partial charge in [0.15, 0.2) is 0 Å². The Labute approximate surface area is 128 Å². The Morgan fingerprint density at radius 3 is 2.29 bits per heavy atom. The predicted molar refractivity (Wildman–Crippen MR) is 91.0 cm³/mol. The zero-order valence-corrected chi connectivity index (χ0v) is 13.9. The van der Waals surface area contributed by atoms with Crippen LogP contribution in [-0.2, 0) is 0 Å². The molecule has 0 bridgehead atoms. The van der Waals surface area contributed by atoms with Crippen molar-refractivity contribution in [1.82, 2.24) is 5.32 Å². The molecule has 1 unspecified atom stereocenters. The number of hydrogen-bond acceptors (Lipinski definition) is 2. The Balaban J connectivity index is 2.64. The third-order valence-electron chi connectivity index (χ3n) is 4.55. The molecule has 0 amide bonds. The van der Waals surface area contributed by atoms with Gasteiger partial charge in [0.05, 0.1) is 7.11 Å². The van der Waals surface area contributed by atoms with Crippen LogP contribution in [0, 0.1) is 5.41 Å². The predicted octanol–water partition coefficient (Wildman–Crippen LogP) is 4.94. The van der Waals surface area contributed by atoms with Gasteiger partial charge in [0.2, 0.25) is 0 Å². The molecule has 0 aliphatic heterocycles. The first-order chi connectivity index (χ1) is 10.0. The second kappa shape index (κ2) is 6.48. The summed E-state index contributed by atoms with van der Waals surface area (Å²) in [5.41, 5.74) is 1.56. The van der Waals surface area contributed by atoms with Gasteiger partial charge in [-0.2, -0.15) is 0 Å². The number of nitrogens with one attached hydrogen (secondary N) is 1. The van der Waals surface area contributed by atoms with Gasteiger partial charge < -0.3 is 10.1 Å². The average Bonchev–Trinajstić information content (AvgIpc) is 2.51. The van der Waals surface area contributed by atoms with E-state index in [2.05, 4.69) is 69.4 Å². The first-order valence-electron chi connectivity index (χ1n) is 7.84. The Morgan fingerprint density at radius 2 is 1.71 bits per heavy atom. The molecule has 0 radical (unpaired) electrons. The van der Waals surface area contributed by atoms with Crippen molar-refractivity contribution in [2.24, 2.45) is 5.41 Å². The highest BCUT2D eigenvalue weighted by molar-refractivity contribution is 5.91.